The van der Waals surface area contributed by atoms with E-state index in [0.717, 1.165) is 38.3 Å². The van der Waals surface area contributed by atoms with E-state index in [2.05, 4.69) is 23.5 Å². The number of hydrogen-bond donors (Lipinski definition) is 1. The molecule has 1 saturated heterocycles. The van der Waals surface area contributed by atoms with Gasteiger partial charge in [0.05, 0.1) is 24.5 Å². The first-order valence-electron chi connectivity index (χ1n) is 5.25. The maximum absolute atomic E-state index is 5.29. The van der Waals surface area contributed by atoms with Gasteiger partial charge in [-0.1, -0.05) is 6.92 Å². The van der Waals surface area contributed by atoms with Crippen molar-refractivity contribution in [2.75, 3.05) is 18.5 Å². The van der Waals surface area contributed by atoms with E-state index in [1.165, 1.54) is 0 Å². The Bertz CT molecular complexity index is 279. The van der Waals surface area contributed by atoms with Crippen LogP contribution in [0.3, 0.4) is 0 Å². The van der Waals surface area contributed by atoms with Crippen LogP contribution in [0.2, 0.25) is 0 Å². The summed E-state index contributed by atoms with van der Waals surface area (Å²) in [5, 5.41) is 7.67. The Hall–Kier alpha value is -1.03. The normalized spacial score (nSPS) is 21.4. The molecule has 14 heavy (non-hydrogen) atoms. The lowest BCUT2D eigenvalue weighted by Gasteiger charge is -2.08. The van der Waals surface area contributed by atoms with E-state index < -0.39 is 0 Å². The first-order valence-corrected chi connectivity index (χ1v) is 5.25. The van der Waals surface area contributed by atoms with Crippen molar-refractivity contribution in [1.82, 2.24) is 9.78 Å². The van der Waals surface area contributed by atoms with Crippen molar-refractivity contribution in [2.45, 2.75) is 32.4 Å². The highest BCUT2D eigenvalue weighted by atomic mass is 16.5. The summed E-state index contributed by atoms with van der Waals surface area (Å²) in [5.41, 5.74) is 1.11. The fourth-order valence-electron chi connectivity index (χ4n) is 1.67. The second kappa shape index (κ2) is 4.46. The summed E-state index contributed by atoms with van der Waals surface area (Å²) in [6, 6.07) is 0.467. The van der Waals surface area contributed by atoms with E-state index in [9.17, 15) is 0 Å². The van der Waals surface area contributed by atoms with Crippen molar-refractivity contribution in [3.8, 4) is 0 Å². The van der Waals surface area contributed by atoms with Crippen molar-refractivity contribution in [3.63, 3.8) is 0 Å². The van der Waals surface area contributed by atoms with Crippen molar-refractivity contribution >= 4 is 5.69 Å². The van der Waals surface area contributed by atoms with Crippen molar-refractivity contribution in [1.29, 1.82) is 0 Å². The molecule has 1 aliphatic rings. The van der Waals surface area contributed by atoms with Gasteiger partial charge in [-0.2, -0.15) is 5.10 Å². The van der Waals surface area contributed by atoms with E-state index >= 15 is 0 Å². The number of nitrogens with zero attached hydrogens (tertiary/aromatic N) is 2. The summed E-state index contributed by atoms with van der Waals surface area (Å²) in [6.45, 7) is 4.84. The molecule has 0 aromatic carbocycles. The standard InChI is InChI=1S/C10H17N3O/c1-2-4-13-7-10(6-11-13)12-9-3-5-14-8-9/h6-7,9,12H,2-5,8H2,1H3. The Labute approximate surface area is 84.3 Å². The zero-order valence-corrected chi connectivity index (χ0v) is 8.57. The van der Waals surface area contributed by atoms with Gasteiger partial charge in [-0.25, -0.2) is 0 Å². The first-order chi connectivity index (χ1) is 6.88. The summed E-state index contributed by atoms with van der Waals surface area (Å²) in [4.78, 5) is 0. The largest absolute Gasteiger partial charge is 0.379 e. The number of hydrogen-bond acceptors (Lipinski definition) is 3. The summed E-state index contributed by atoms with van der Waals surface area (Å²) in [5.74, 6) is 0. The molecular weight excluding hydrogens is 178 g/mol. The van der Waals surface area contributed by atoms with Crippen LogP contribution in [-0.4, -0.2) is 29.0 Å². The molecule has 1 unspecified atom stereocenters. The Balaban J connectivity index is 1.88. The van der Waals surface area contributed by atoms with Gasteiger partial charge in [0.1, 0.15) is 0 Å². The molecule has 2 rings (SSSR count). The zero-order valence-electron chi connectivity index (χ0n) is 8.57. The topological polar surface area (TPSA) is 39.1 Å². The van der Waals surface area contributed by atoms with Crippen molar-refractivity contribution < 1.29 is 4.74 Å². The highest BCUT2D eigenvalue weighted by molar-refractivity contribution is 5.39. The second-order valence-corrected chi connectivity index (χ2v) is 3.70. The fraction of sp³-hybridized carbons (Fsp3) is 0.700. The van der Waals surface area contributed by atoms with Crippen LogP contribution < -0.4 is 5.32 Å². The van der Waals surface area contributed by atoms with Crippen molar-refractivity contribution in [3.05, 3.63) is 12.4 Å². The molecule has 0 amide bonds. The third-order valence-corrected chi connectivity index (χ3v) is 2.39. The van der Waals surface area contributed by atoms with Gasteiger partial charge in [-0.3, -0.25) is 4.68 Å². The average Bonchev–Trinajstić information content (AvgIpc) is 2.79. The third kappa shape index (κ3) is 2.26. The lowest BCUT2D eigenvalue weighted by molar-refractivity contribution is 0.195. The molecule has 4 heteroatoms. The maximum Gasteiger partial charge on any atom is 0.0729 e. The van der Waals surface area contributed by atoms with Crippen LogP contribution in [0, 0.1) is 0 Å². The number of anilines is 1. The summed E-state index contributed by atoms with van der Waals surface area (Å²) in [6.07, 6.45) is 6.16. The summed E-state index contributed by atoms with van der Waals surface area (Å²) in [7, 11) is 0. The molecule has 0 spiro atoms. The number of aryl methyl sites for hydroxylation is 1. The number of aromatic nitrogens is 2. The molecule has 1 fully saturated rings. The lowest BCUT2D eigenvalue weighted by atomic mass is 10.2. The molecule has 0 bridgehead atoms. The predicted molar refractivity (Wildman–Crippen MR) is 55.4 cm³/mol. The summed E-state index contributed by atoms with van der Waals surface area (Å²) >= 11 is 0. The molecule has 0 saturated carbocycles. The number of nitrogens with one attached hydrogen (secondary N) is 1. The molecular formula is C10H17N3O. The smallest absolute Gasteiger partial charge is 0.0729 e. The van der Waals surface area contributed by atoms with Crippen LogP contribution in [0.4, 0.5) is 5.69 Å². The lowest BCUT2D eigenvalue weighted by Crippen LogP contribution is -2.18. The van der Waals surface area contributed by atoms with Crippen LogP contribution in [0.15, 0.2) is 12.4 Å². The number of ether oxygens (including phenoxy) is 1. The second-order valence-electron chi connectivity index (χ2n) is 3.70. The predicted octanol–water partition coefficient (Wildman–Crippen LogP) is 1.49. The van der Waals surface area contributed by atoms with Crippen LogP contribution in [-0.2, 0) is 11.3 Å². The number of rotatable bonds is 4. The quantitative estimate of drug-likeness (QED) is 0.791. The minimum Gasteiger partial charge on any atom is -0.379 e. The van der Waals surface area contributed by atoms with Gasteiger partial charge >= 0.3 is 0 Å². The van der Waals surface area contributed by atoms with Crippen LogP contribution in [0.1, 0.15) is 19.8 Å². The molecule has 1 aromatic heterocycles. The van der Waals surface area contributed by atoms with Gasteiger partial charge in [0.2, 0.25) is 0 Å². The van der Waals surface area contributed by atoms with Gasteiger partial charge in [0.25, 0.3) is 0 Å². The molecule has 1 N–H and O–H groups in total. The van der Waals surface area contributed by atoms with Gasteiger partial charge in [-0.15, -0.1) is 0 Å². The fourth-order valence-corrected chi connectivity index (χ4v) is 1.67. The Morgan fingerprint density at radius 2 is 2.64 bits per heavy atom. The van der Waals surface area contributed by atoms with Crippen LogP contribution in [0.5, 0.6) is 0 Å². The van der Waals surface area contributed by atoms with Crippen LogP contribution >= 0.6 is 0 Å². The van der Waals surface area contributed by atoms with Crippen LogP contribution in [0.25, 0.3) is 0 Å². The molecule has 78 valence electrons. The molecule has 0 radical (unpaired) electrons. The first kappa shape index (κ1) is 9.52. The van der Waals surface area contributed by atoms with Gasteiger partial charge in [0, 0.05) is 19.3 Å². The van der Waals surface area contributed by atoms with Gasteiger partial charge < -0.3 is 10.1 Å². The molecule has 0 aliphatic carbocycles. The SMILES string of the molecule is CCCn1cc(NC2CCOC2)cn1. The Kier molecular flexibility index (Phi) is 3.03. The van der Waals surface area contributed by atoms with Gasteiger partial charge in [-0.05, 0) is 12.8 Å². The highest BCUT2D eigenvalue weighted by Crippen LogP contribution is 2.12. The monoisotopic (exact) mass is 195 g/mol. The van der Waals surface area contributed by atoms with E-state index in [-0.39, 0.29) is 0 Å². The molecule has 1 aliphatic heterocycles. The molecule has 1 aromatic rings. The minimum atomic E-state index is 0.467. The highest BCUT2D eigenvalue weighted by Gasteiger charge is 2.15. The van der Waals surface area contributed by atoms with E-state index in [1.807, 2.05) is 10.9 Å². The average molecular weight is 195 g/mol. The molecule has 1 atom stereocenters. The van der Waals surface area contributed by atoms with E-state index in [4.69, 9.17) is 4.74 Å². The molecule has 4 nitrogen and oxygen atoms in total. The maximum atomic E-state index is 5.29. The third-order valence-electron chi connectivity index (χ3n) is 2.39. The zero-order chi connectivity index (χ0) is 9.80. The van der Waals surface area contributed by atoms with E-state index in [0.29, 0.717) is 6.04 Å². The Morgan fingerprint density at radius 1 is 1.71 bits per heavy atom. The van der Waals surface area contributed by atoms with E-state index in [1.54, 1.807) is 0 Å². The van der Waals surface area contributed by atoms with Gasteiger partial charge in [0.15, 0.2) is 0 Å². The van der Waals surface area contributed by atoms with Crippen molar-refractivity contribution in [2.24, 2.45) is 0 Å². The Morgan fingerprint density at radius 3 is 3.36 bits per heavy atom. The minimum absolute atomic E-state index is 0.467. The summed E-state index contributed by atoms with van der Waals surface area (Å²) < 4.78 is 7.26. The molecule has 2 heterocycles.